The van der Waals surface area contributed by atoms with Crippen molar-refractivity contribution in [3.05, 3.63) is 43.0 Å². The van der Waals surface area contributed by atoms with Gasteiger partial charge in [-0.2, -0.15) is 0 Å². The summed E-state index contributed by atoms with van der Waals surface area (Å²) in [5, 5.41) is 5.98. The fourth-order valence-electron chi connectivity index (χ4n) is 3.35. The predicted octanol–water partition coefficient (Wildman–Crippen LogP) is 5.55. The summed E-state index contributed by atoms with van der Waals surface area (Å²) in [6.45, 7) is 0.736. The maximum absolute atomic E-state index is 12.1. The van der Waals surface area contributed by atoms with Crippen molar-refractivity contribution >= 4 is 71.9 Å². The van der Waals surface area contributed by atoms with Gasteiger partial charge in [-0.25, -0.2) is 4.98 Å². The van der Waals surface area contributed by atoms with E-state index in [1.165, 1.54) is 4.88 Å². The molecule has 0 aromatic carbocycles. The van der Waals surface area contributed by atoms with E-state index in [0.717, 1.165) is 44.6 Å². The largest absolute Gasteiger partial charge is 0.379 e. The van der Waals surface area contributed by atoms with E-state index in [0.29, 0.717) is 11.6 Å². The molecule has 0 spiro atoms. The number of hydrogen-bond acceptors (Lipinski definition) is 6. The lowest BCUT2D eigenvalue weighted by atomic mass is 9.83. The molecule has 0 aliphatic heterocycles. The minimum absolute atomic E-state index is 0.0359. The highest BCUT2D eigenvalue weighted by Crippen LogP contribution is 2.46. The summed E-state index contributed by atoms with van der Waals surface area (Å²) in [6, 6.07) is 5.56. The van der Waals surface area contributed by atoms with E-state index in [9.17, 15) is 4.79 Å². The lowest BCUT2D eigenvalue weighted by molar-refractivity contribution is -0.122. The fourth-order valence-corrected chi connectivity index (χ4v) is 6.45. The lowest BCUT2D eigenvalue weighted by Crippen LogP contribution is -2.39. The van der Waals surface area contributed by atoms with Crippen molar-refractivity contribution in [3.63, 3.8) is 0 Å². The van der Waals surface area contributed by atoms with Crippen LogP contribution in [0.3, 0.4) is 0 Å². The maximum Gasteiger partial charge on any atom is 0.150 e. The quantitative estimate of drug-likeness (QED) is 0.491. The van der Waals surface area contributed by atoms with Crippen molar-refractivity contribution in [3.8, 4) is 0 Å². The Hall–Kier alpha value is -0.990. The fraction of sp³-hybridized carbons (Fsp3) is 0.333. The van der Waals surface area contributed by atoms with Crippen molar-refractivity contribution in [2.45, 2.75) is 37.8 Å². The number of fused-ring (bicyclic) bond motifs is 1. The Morgan fingerprint density at radius 3 is 3.08 bits per heavy atom. The highest BCUT2D eigenvalue weighted by atomic mass is 79.9. The highest BCUT2D eigenvalue weighted by Gasteiger charge is 2.33. The second-order valence-corrected chi connectivity index (χ2v) is 9.64. The second kappa shape index (κ2) is 7.56. The van der Waals surface area contributed by atoms with Gasteiger partial charge in [0.2, 0.25) is 0 Å². The number of thiophene rings is 2. The molecule has 0 radical (unpaired) electrons. The molecule has 0 saturated heterocycles. The van der Waals surface area contributed by atoms with E-state index in [1.54, 1.807) is 22.7 Å². The summed E-state index contributed by atoms with van der Waals surface area (Å²) in [5.74, 6) is 0.182. The summed E-state index contributed by atoms with van der Waals surface area (Å²) >= 11 is 13.3. The number of nitrogens with zero attached hydrogens (tertiary/aromatic N) is 1. The number of carbonyl (C=O) groups is 1. The first-order chi connectivity index (χ1) is 12.5. The van der Waals surface area contributed by atoms with Gasteiger partial charge in [0.05, 0.1) is 26.4 Å². The summed E-state index contributed by atoms with van der Waals surface area (Å²) in [4.78, 5) is 18.9. The molecule has 1 aliphatic carbocycles. The molecule has 3 N–H and O–H groups in total. The topological polar surface area (TPSA) is 68.0 Å². The number of aromatic nitrogens is 1. The number of carbonyl (C=O) groups excluding carboxylic acids is 1. The second-order valence-electron chi connectivity index (χ2n) is 6.37. The van der Waals surface area contributed by atoms with Crippen LogP contribution in [0.15, 0.2) is 28.1 Å². The Labute approximate surface area is 172 Å². The minimum atomic E-state index is -0.439. The van der Waals surface area contributed by atoms with Gasteiger partial charge in [0, 0.05) is 34.7 Å². The standard InChI is InChI=1S/C18H17BrClN3OS2/c19-14-16-18(26-17(14)10-4-1-5-12(24)15(10)21)11(7-13(20)23-16)22-8-9-3-2-6-25-9/h2-3,6-7,10,15H,1,4-5,8,21H2,(H,22,23)/t10-,15+/m0/s1. The molecule has 1 fully saturated rings. The first-order valence-electron chi connectivity index (χ1n) is 8.37. The third-order valence-electron chi connectivity index (χ3n) is 4.69. The van der Waals surface area contributed by atoms with Crippen LogP contribution in [0.1, 0.15) is 34.9 Å². The summed E-state index contributed by atoms with van der Waals surface area (Å²) in [5.41, 5.74) is 8.00. The predicted molar refractivity (Wildman–Crippen MR) is 114 cm³/mol. The zero-order chi connectivity index (χ0) is 18.3. The Bertz CT molecular complexity index is 957. The molecule has 1 saturated carbocycles. The number of anilines is 1. The number of nitrogens with two attached hydrogens (primary N) is 1. The summed E-state index contributed by atoms with van der Waals surface area (Å²) in [6.07, 6.45) is 2.39. The number of ketones is 1. The Morgan fingerprint density at radius 2 is 2.31 bits per heavy atom. The van der Waals surface area contributed by atoms with E-state index >= 15 is 0 Å². The molecule has 3 heterocycles. The van der Waals surface area contributed by atoms with Crippen molar-refractivity contribution in [2.75, 3.05) is 5.32 Å². The lowest BCUT2D eigenvalue weighted by Gasteiger charge is -2.26. The first-order valence-corrected chi connectivity index (χ1v) is 11.2. The zero-order valence-corrected chi connectivity index (χ0v) is 17.8. The van der Waals surface area contributed by atoms with Crippen LogP contribution < -0.4 is 11.1 Å². The molecule has 0 amide bonds. The molecule has 0 unspecified atom stereocenters. The van der Waals surface area contributed by atoms with Gasteiger partial charge >= 0.3 is 0 Å². The van der Waals surface area contributed by atoms with E-state index in [-0.39, 0.29) is 11.7 Å². The van der Waals surface area contributed by atoms with Crippen LogP contribution >= 0.6 is 50.2 Å². The van der Waals surface area contributed by atoms with Gasteiger partial charge in [-0.1, -0.05) is 17.7 Å². The summed E-state index contributed by atoms with van der Waals surface area (Å²) < 4.78 is 1.95. The molecule has 2 atom stereocenters. The van der Waals surface area contributed by atoms with E-state index in [2.05, 4.69) is 37.7 Å². The van der Waals surface area contributed by atoms with Crippen LogP contribution in [-0.4, -0.2) is 16.8 Å². The van der Waals surface area contributed by atoms with Gasteiger partial charge in [-0.3, -0.25) is 4.79 Å². The Balaban J connectivity index is 1.73. The number of rotatable bonds is 4. The average molecular weight is 471 g/mol. The Kier molecular flexibility index (Phi) is 5.34. The van der Waals surface area contributed by atoms with E-state index in [1.807, 2.05) is 12.1 Å². The minimum Gasteiger partial charge on any atom is -0.379 e. The molecule has 4 rings (SSSR count). The van der Waals surface area contributed by atoms with Crippen LogP contribution in [0.25, 0.3) is 10.2 Å². The molecular weight excluding hydrogens is 454 g/mol. The van der Waals surface area contributed by atoms with Gasteiger partial charge < -0.3 is 11.1 Å². The molecular formula is C18H17BrClN3OS2. The number of halogens is 2. The average Bonchev–Trinajstić information content (AvgIpc) is 3.24. The maximum atomic E-state index is 12.1. The van der Waals surface area contributed by atoms with Crippen molar-refractivity contribution < 1.29 is 4.79 Å². The van der Waals surface area contributed by atoms with Gasteiger partial charge in [-0.05, 0) is 40.2 Å². The van der Waals surface area contributed by atoms with Gasteiger partial charge in [0.15, 0.2) is 0 Å². The van der Waals surface area contributed by atoms with Crippen LogP contribution in [0.2, 0.25) is 5.15 Å². The van der Waals surface area contributed by atoms with Gasteiger partial charge in [0.1, 0.15) is 10.9 Å². The first kappa shape index (κ1) is 18.4. The normalized spacial score (nSPS) is 20.7. The number of Topliss-reactive ketones (excluding diaryl/α,β-unsaturated/α-hetero) is 1. The van der Waals surface area contributed by atoms with Crippen LogP contribution in [0.5, 0.6) is 0 Å². The molecule has 4 nitrogen and oxygen atoms in total. The molecule has 3 aromatic rings. The third-order valence-corrected chi connectivity index (χ3v) is 8.17. The molecule has 8 heteroatoms. The highest BCUT2D eigenvalue weighted by molar-refractivity contribution is 9.10. The summed E-state index contributed by atoms with van der Waals surface area (Å²) in [7, 11) is 0. The molecule has 1 aliphatic rings. The number of hydrogen-bond donors (Lipinski definition) is 2. The van der Waals surface area contributed by atoms with Crippen LogP contribution in [0.4, 0.5) is 5.69 Å². The van der Waals surface area contributed by atoms with Crippen molar-refractivity contribution in [1.29, 1.82) is 0 Å². The van der Waals surface area contributed by atoms with Gasteiger partial charge in [0.25, 0.3) is 0 Å². The van der Waals surface area contributed by atoms with E-state index < -0.39 is 6.04 Å². The molecule has 0 bridgehead atoms. The number of nitrogens with one attached hydrogen (secondary N) is 1. The smallest absolute Gasteiger partial charge is 0.150 e. The molecule has 26 heavy (non-hydrogen) atoms. The number of pyridine rings is 1. The van der Waals surface area contributed by atoms with Crippen molar-refractivity contribution in [1.82, 2.24) is 4.98 Å². The molecule has 136 valence electrons. The SMILES string of the molecule is N[C@H]1C(=O)CCC[C@@H]1c1sc2c(NCc3cccs3)cc(Cl)nc2c1Br. The van der Waals surface area contributed by atoms with Gasteiger partial charge in [-0.15, -0.1) is 22.7 Å². The van der Waals surface area contributed by atoms with E-state index in [4.69, 9.17) is 17.3 Å². The zero-order valence-electron chi connectivity index (χ0n) is 13.8. The van der Waals surface area contributed by atoms with Crippen molar-refractivity contribution in [2.24, 2.45) is 5.73 Å². The molecule has 3 aromatic heterocycles. The third kappa shape index (κ3) is 3.43. The van der Waals surface area contributed by atoms with Crippen LogP contribution in [-0.2, 0) is 11.3 Å². The monoisotopic (exact) mass is 469 g/mol. The van der Waals surface area contributed by atoms with Crippen LogP contribution in [0, 0.1) is 0 Å². The Morgan fingerprint density at radius 1 is 1.46 bits per heavy atom.